The second-order valence-corrected chi connectivity index (χ2v) is 14.7. The molecule has 19 heteroatoms. The van der Waals surface area contributed by atoms with Crippen molar-refractivity contribution >= 4 is 32.7 Å². The van der Waals surface area contributed by atoms with Crippen LogP contribution in [0.5, 0.6) is 0 Å². The summed E-state index contributed by atoms with van der Waals surface area (Å²) < 4.78 is 130. The summed E-state index contributed by atoms with van der Waals surface area (Å²) in [5.41, 5.74) is -0.732. The SMILES string of the molecule is CCc1nonc1C(=O)NC(c1nc2c(F)c([C@H](CCS(=O)(=O)CC)C(=O)N3CC(F)(F)C(F)(F)C3)ccc2[nH]1)C1CCC(F)(F)CC1. The Bertz CT molecular complexity index is 1770. The first-order chi connectivity index (χ1) is 22.4. The summed E-state index contributed by atoms with van der Waals surface area (Å²) >= 11 is 0. The van der Waals surface area contributed by atoms with Gasteiger partial charge in [-0.15, -0.1) is 0 Å². The minimum absolute atomic E-state index is 0.0330. The maximum absolute atomic E-state index is 16.3. The topological polar surface area (TPSA) is 151 Å². The van der Waals surface area contributed by atoms with Gasteiger partial charge in [0.05, 0.1) is 36.3 Å². The molecule has 1 aliphatic carbocycles. The third-order valence-electron chi connectivity index (χ3n) is 9.02. The molecule has 0 spiro atoms. The normalized spacial score (nSPS) is 20.6. The molecule has 2 atom stereocenters. The van der Waals surface area contributed by atoms with Crippen LogP contribution in [0.3, 0.4) is 0 Å². The molecule has 1 unspecified atom stereocenters. The Morgan fingerprint density at radius 3 is 2.31 bits per heavy atom. The number of likely N-dealkylation sites (tertiary alicyclic amines) is 1. The lowest BCUT2D eigenvalue weighted by Gasteiger charge is -2.33. The summed E-state index contributed by atoms with van der Waals surface area (Å²) in [5, 5.41) is 9.99. The average Bonchev–Trinajstić information content (AvgIpc) is 3.73. The highest BCUT2D eigenvalue weighted by atomic mass is 32.2. The minimum Gasteiger partial charge on any atom is -0.340 e. The van der Waals surface area contributed by atoms with Crippen LogP contribution in [0.25, 0.3) is 11.0 Å². The Morgan fingerprint density at radius 1 is 1.06 bits per heavy atom. The summed E-state index contributed by atoms with van der Waals surface area (Å²) in [5.74, 6) is -18.6. The standard InChI is InChI=1S/C29H33F7N6O5S/c1-3-18-23(41-47-40-18)25(43)39-21(15-7-10-27(31,32)11-8-15)24-37-19-6-5-16(20(30)22(19)38-24)17(9-12-48(45,46)4-2)26(44)42-13-28(33,34)29(35,36)14-42/h5-6,15,17,21H,3-4,7-14H2,1-2H3,(H,37,38)(H,39,43)/t17-,21?/m0/s1. The third-order valence-corrected chi connectivity index (χ3v) is 10.8. The number of imidazole rings is 1. The fourth-order valence-electron chi connectivity index (χ4n) is 6.12. The van der Waals surface area contributed by atoms with E-state index < -0.39 is 112 Å². The number of amides is 2. The molecular formula is C29H33F7N6O5S. The molecule has 2 aliphatic rings. The van der Waals surface area contributed by atoms with Crippen LogP contribution >= 0.6 is 0 Å². The highest BCUT2D eigenvalue weighted by molar-refractivity contribution is 7.91. The summed E-state index contributed by atoms with van der Waals surface area (Å²) in [6.07, 6.45) is -1.33. The van der Waals surface area contributed by atoms with Crippen molar-refractivity contribution < 1.29 is 53.4 Å². The summed E-state index contributed by atoms with van der Waals surface area (Å²) in [7, 11) is -3.76. The molecule has 3 aromatic rings. The van der Waals surface area contributed by atoms with E-state index in [1.807, 2.05) is 0 Å². The average molecular weight is 711 g/mol. The number of halogens is 7. The van der Waals surface area contributed by atoms with Crippen LogP contribution in [0, 0.1) is 11.7 Å². The van der Waals surface area contributed by atoms with Gasteiger partial charge in [0, 0.05) is 24.2 Å². The van der Waals surface area contributed by atoms with E-state index in [9.17, 15) is 44.3 Å². The number of carbonyl (C=O) groups excluding carboxylic acids is 2. The van der Waals surface area contributed by atoms with Crippen molar-refractivity contribution in [3.63, 3.8) is 0 Å². The number of fused-ring (bicyclic) bond motifs is 1. The van der Waals surface area contributed by atoms with Gasteiger partial charge in [0.15, 0.2) is 11.5 Å². The third kappa shape index (κ3) is 7.01. The molecule has 1 aromatic carbocycles. The zero-order valence-corrected chi connectivity index (χ0v) is 26.7. The van der Waals surface area contributed by atoms with Crippen molar-refractivity contribution in [2.75, 3.05) is 24.6 Å². The second kappa shape index (κ2) is 12.9. The molecule has 48 heavy (non-hydrogen) atoms. The fraction of sp³-hybridized carbons (Fsp3) is 0.621. The number of alkyl halides is 6. The van der Waals surface area contributed by atoms with Crippen molar-refractivity contribution in [2.24, 2.45) is 5.92 Å². The molecule has 1 aliphatic heterocycles. The van der Waals surface area contributed by atoms with Crippen molar-refractivity contribution in [1.29, 1.82) is 0 Å². The lowest BCUT2D eigenvalue weighted by molar-refractivity contribution is -0.172. The molecule has 3 heterocycles. The van der Waals surface area contributed by atoms with Gasteiger partial charge in [0.1, 0.15) is 26.9 Å². The predicted octanol–water partition coefficient (Wildman–Crippen LogP) is 4.97. The van der Waals surface area contributed by atoms with Crippen LogP contribution in [-0.2, 0) is 21.1 Å². The molecule has 11 nitrogen and oxygen atoms in total. The molecule has 2 fully saturated rings. The Morgan fingerprint density at radius 2 is 1.71 bits per heavy atom. The van der Waals surface area contributed by atoms with Crippen molar-refractivity contribution in [3.05, 3.63) is 40.7 Å². The zero-order chi connectivity index (χ0) is 35.2. The molecule has 2 N–H and O–H groups in total. The number of rotatable bonds is 11. The summed E-state index contributed by atoms with van der Waals surface area (Å²) in [4.78, 5) is 34.0. The molecular weight excluding hydrogens is 677 g/mol. The van der Waals surface area contributed by atoms with Gasteiger partial charge < -0.3 is 15.2 Å². The zero-order valence-electron chi connectivity index (χ0n) is 25.8. The highest BCUT2D eigenvalue weighted by Gasteiger charge is 2.64. The monoisotopic (exact) mass is 710 g/mol. The minimum atomic E-state index is -4.55. The molecule has 2 aromatic heterocycles. The lowest BCUT2D eigenvalue weighted by Crippen LogP contribution is -2.38. The fourth-order valence-corrected chi connectivity index (χ4v) is 7.00. The van der Waals surface area contributed by atoms with E-state index in [0.29, 0.717) is 0 Å². The van der Waals surface area contributed by atoms with Gasteiger partial charge in [-0.1, -0.05) is 25.1 Å². The van der Waals surface area contributed by atoms with E-state index in [2.05, 4.69) is 30.2 Å². The molecule has 1 saturated carbocycles. The largest absolute Gasteiger partial charge is 0.340 e. The number of sulfone groups is 1. The van der Waals surface area contributed by atoms with Gasteiger partial charge in [-0.2, -0.15) is 17.6 Å². The Hall–Kier alpha value is -3.77. The smallest absolute Gasteiger partial charge is 0.329 e. The van der Waals surface area contributed by atoms with Gasteiger partial charge in [-0.3, -0.25) is 9.59 Å². The lowest BCUT2D eigenvalue weighted by atomic mass is 9.81. The highest BCUT2D eigenvalue weighted by Crippen LogP contribution is 2.44. The van der Waals surface area contributed by atoms with Crippen molar-refractivity contribution in [1.82, 2.24) is 30.5 Å². The number of aryl methyl sites for hydroxylation is 1. The molecule has 0 radical (unpaired) electrons. The van der Waals surface area contributed by atoms with Crippen LogP contribution in [0.4, 0.5) is 30.7 Å². The molecule has 264 valence electrons. The molecule has 1 saturated heterocycles. The van der Waals surface area contributed by atoms with E-state index in [0.717, 1.165) is 6.07 Å². The number of nitrogens with one attached hydrogen (secondary N) is 2. The molecule has 5 rings (SSSR count). The van der Waals surface area contributed by atoms with E-state index in [4.69, 9.17) is 0 Å². The van der Waals surface area contributed by atoms with Crippen LogP contribution in [0.15, 0.2) is 16.8 Å². The second-order valence-electron chi connectivity index (χ2n) is 12.2. The van der Waals surface area contributed by atoms with Crippen LogP contribution in [0.1, 0.15) is 85.5 Å². The van der Waals surface area contributed by atoms with Crippen LogP contribution < -0.4 is 5.32 Å². The number of nitrogens with zero attached hydrogens (tertiary/aromatic N) is 4. The first-order valence-corrected chi connectivity index (χ1v) is 17.1. The number of carbonyl (C=O) groups is 2. The summed E-state index contributed by atoms with van der Waals surface area (Å²) in [6, 6.07) is 1.30. The number of hydrogen-bond donors (Lipinski definition) is 2. The first kappa shape index (κ1) is 35.5. The van der Waals surface area contributed by atoms with E-state index in [-0.39, 0.29) is 52.6 Å². The Labute approximate surface area is 269 Å². The maximum Gasteiger partial charge on any atom is 0.329 e. The van der Waals surface area contributed by atoms with Gasteiger partial charge in [0.2, 0.25) is 11.8 Å². The first-order valence-electron chi connectivity index (χ1n) is 15.3. The van der Waals surface area contributed by atoms with Gasteiger partial charge >= 0.3 is 11.8 Å². The van der Waals surface area contributed by atoms with Crippen LogP contribution in [0.2, 0.25) is 0 Å². The number of benzene rings is 1. The summed E-state index contributed by atoms with van der Waals surface area (Å²) in [6.45, 7) is -0.257. The van der Waals surface area contributed by atoms with Gasteiger partial charge in [-0.05, 0) is 42.8 Å². The van der Waals surface area contributed by atoms with E-state index in [1.54, 1.807) is 6.92 Å². The van der Waals surface area contributed by atoms with Crippen molar-refractivity contribution in [3.8, 4) is 0 Å². The quantitative estimate of drug-likeness (QED) is 0.265. The number of hydrogen-bond acceptors (Lipinski definition) is 8. The van der Waals surface area contributed by atoms with Gasteiger partial charge in [0.25, 0.3) is 5.91 Å². The predicted molar refractivity (Wildman–Crippen MR) is 155 cm³/mol. The van der Waals surface area contributed by atoms with Crippen molar-refractivity contribution in [2.45, 2.75) is 82.1 Å². The Kier molecular flexibility index (Phi) is 9.57. The Balaban J connectivity index is 1.52. The molecule has 2 amide bonds. The van der Waals surface area contributed by atoms with Gasteiger partial charge in [-0.25, -0.2) is 31.2 Å². The number of H-pyrrole nitrogens is 1. The number of aromatic amines is 1. The van der Waals surface area contributed by atoms with E-state index >= 15 is 4.39 Å². The number of aromatic nitrogens is 4. The maximum atomic E-state index is 16.3. The molecule has 0 bridgehead atoms. The van der Waals surface area contributed by atoms with E-state index in [1.165, 1.54) is 13.0 Å². The van der Waals surface area contributed by atoms with Crippen LogP contribution in [-0.4, -0.2) is 87.8 Å².